The number of urea groups is 1. The third kappa shape index (κ3) is 4.95. The van der Waals surface area contributed by atoms with E-state index in [1.807, 2.05) is 27.7 Å². The number of rotatable bonds is 6. The second-order valence-corrected chi connectivity index (χ2v) is 8.25. The first-order valence-electron chi connectivity index (χ1n) is 10.4. The van der Waals surface area contributed by atoms with Crippen LogP contribution in [0.3, 0.4) is 0 Å². The summed E-state index contributed by atoms with van der Waals surface area (Å²) in [6.07, 6.45) is 5.55. The number of imide groups is 1. The average Bonchev–Trinajstić information content (AvgIpc) is 3.34. The first-order valence-corrected chi connectivity index (χ1v) is 10.4. The molecule has 1 fully saturated rings. The van der Waals surface area contributed by atoms with Crippen LogP contribution in [0.2, 0.25) is 0 Å². The van der Waals surface area contributed by atoms with Crippen LogP contribution in [-0.4, -0.2) is 45.3 Å². The number of ether oxygens (including phenoxy) is 1. The molecular weight excluding hydrogens is 386 g/mol. The summed E-state index contributed by atoms with van der Waals surface area (Å²) >= 11 is 0. The van der Waals surface area contributed by atoms with E-state index in [-0.39, 0.29) is 18.0 Å². The number of carbonyl (C=O) groups is 3. The van der Waals surface area contributed by atoms with Gasteiger partial charge in [-0.1, -0.05) is 26.7 Å². The number of fused-ring (bicyclic) bond motifs is 1. The molecule has 2 aromatic rings. The molecule has 2 aromatic heterocycles. The summed E-state index contributed by atoms with van der Waals surface area (Å²) in [6, 6.07) is 1.28. The minimum Gasteiger partial charge on any atom is -0.452 e. The van der Waals surface area contributed by atoms with Crippen molar-refractivity contribution in [3.05, 3.63) is 23.5 Å². The Morgan fingerprint density at radius 3 is 2.53 bits per heavy atom. The minimum absolute atomic E-state index is 0.0745. The van der Waals surface area contributed by atoms with Crippen LogP contribution in [0.15, 0.2) is 12.3 Å². The Balaban J connectivity index is 1.68. The second kappa shape index (κ2) is 9.23. The molecule has 0 spiro atoms. The molecule has 162 valence electrons. The molecule has 1 aliphatic carbocycles. The number of nitrogens with one attached hydrogen (secondary N) is 2. The molecule has 2 N–H and O–H groups in total. The molecule has 9 nitrogen and oxygen atoms in total. The van der Waals surface area contributed by atoms with E-state index in [0.29, 0.717) is 16.6 Å². The van der Waals surface area contributed by atoms with Crippen molar-refractivity contribution in [1.29, 1.82) is 0 Å². The van der Waals surface area contributed by atoms with Crippen LogP contribution in [0.4, 0.5) is 4.79 Å². The van der Waals surface area contributed by atoms with Gasteiger partial charge in [0, 0.05) is 17.8 Å². The van der Waals surface area contributed by atoms with Gasteiger partial charge in [-0.3, -0.25) is 10.1 Å². The Labute approximate surface area is 175 Å². The summed E-state index contributed by atoms with van der Waals surface area (Å²) < 4.78 is 6.93. The number of amides is 3. The van der Waals surface area contributed by atoms with Gasteiger partial charge in [0.25, 0.3) is 5.91 Å². The number of pyridine rings is 1. The first kappa shape index (κ1) is 21.7. The van der Waals surface area contributed by atoms with E-state index in [1.165, 1.54) is 0 Å². The van der Waals surface area contributed by atoms with Crippen LogP contribution in [0, 0.1) is 0 Å². The number of hydrogen-bond donors (Lipinski definition) is 2. The highest BCUT2D eigenvalue weighted by atomic mass is 16.5. The van der Waals surface area contributed by atoms with E-state index in [4.69, 9.17) is 4.74 Å². The SMILES string of the molecule is CC(C)c1cc(C(=O)OCC(=O)NC(=O)NC2CCCC2)c2cnn(C(C)C)c2n1. The van der Waals surface area contributed by atoms with Gasteiger partial charge in [0.05, 0.1) is 17.1 Å². The number of esters is 1. The smallest absolute Gasteiger partial charge is 0.339 e. The molecule has 1 aliphatic rings. The summed E-state index contributed by atoms with van der Waals surface area (Å²) in [5.41, 5.74) is 1.64. The molecular formula is C21H29N5O4. The van der Waals surface area contributed by atoms with E-state index < -0.39 is 24.5 Å². The van der Waals surface area contributed by atoms with Crippen LogP contribution in [0.25, 0.3) is 11.0 Å². The molecule has 30 heavy (non-hydrogen) atoms. The third-order valence-corrected chi connectivity index (χ3v) is 5.16. The molecule has 9 heteroatoms. The van der Waals surface area contributed by atoms with Gasteiger partial charge in [-0.2, -0.15) is 5.10 Å². The van der Waals surface area contributed by atoms with E-state index >= 15 is 0 Å². The van der Waals surface area contributed by atoms with Gasteiger partial charge in [0.2, 0.25) is 0 Å². The van der Waals surface area contributed by atoms with Crippen molar-refractivity contribution in [2.24, 2.45) is 0 Å². The molecule has 0 aromatic carbocycles. The van der Waals surface area contributed by atoms with Crippen LogP contribution in [-0.2, 0) is 9.53 Å². The lowest BCUT2D eigenvalue weighted by Gasteiger charge is -2.13. The molecule has 3 amide bonds. The fourth-order valence-electron chi connectivity index (χ4n) is 3.54. The Hall–Kier alpha value is -2.97. The highest BCUT2D eigenvalue weighted by Crippen LogP contribution is 2.25. The highest BCUT2D eigenvalue weighted by Gasteiger charge is 2.22. The summed E-state index contributed by atoms with van der Waals surface area (Å²) in [7, 11) is 0. The number of aromatic nitrogens is 3. The van der Waals surface area contributed by atoms with Gasteiger partial charge < -0.3 is 10.1 Å². The molecule has 3 rings (SSSR count). The van der Waals surface area contributed by atoms with E-state index in [1.54, 1.807) is 16.9 Å². The zero-order valence-electron chi connectivity index (χ0n) is 17.9. The lowest BCUT2D eigenvalue weighted by atomic mass is 10.1. The maximum atomic E-state index is 12.7. The first-order chi connectivity index (χ1) is 14.3. The van der Waals surface area contributed by atoms with Gasteiger partial charge in [0.1, 0.15) is 0 Å². The predicted octanol–water partition coefficient (Wildman–Crippen LogP) is 3.06. The van der Waals surface area contributed by atoms with Crippen LogP contribution in [0.5, 0.6) is 0 Å². The molecule has 0 unspecified atom stereocenters. The quantitative estimate of drug-likeness (QED) is 0.701. The summed E-state index contributed by atoms with van der Waals surface area (Å²) in [6.45, 7) is 7.38. The predicted molar refractivity (Wildman–Crippen MR) is 111 cm³/mol. The van der Waals surface area contributed by atoms with Gasteiger partial charge in [-0.25, -0.2) is 19.3 Å². The third-order valence-electron chi connectivity index (χ3n) is 5.16. The molecule has 0 atom stereocenters. The van der Waals surface area contributed by atoms with Crippen LogP contribution < -0.4 is 10.6 Å². The van der Waals surface area contributed by atoms with E-state index in [9.17, 15) is 14.4 Å². The lowest BCUT2D eigenvalue weighted by Crippen LogP contribution is -2.45. The Bertz CT molecular complexity index is 944. The summed E-state index contributed by atoms with van der Waals surface area (Å²) in [4.78, 5) is 41.3. The standard InChI is InChI=1S/C21H29N5O4/c1-12(2)17-9-15(16-10-22-26(13(3)4)19(16)24-17)20(28)30-11-18(27)25-21(29)23-14-7-5-6-8-14/h9-10,12-14H,5-8,11H2,1-4H3,(H2,23,25,27,29). The van der Waals surface area contributed by atoms with Gasteiger partial charge in [-0.15, -0.1) is 0 Å². The number of carbonyl (C=O) groups excluding carboxylic acids is 3. The van der Waals surface area contributed by atoms with Crippen molar-refractivity contribution in [3.8, 4) is 0 Å². The molecule has 0 aliphatic heterocycles. The zero-order valence-corrected chi connectivity index (χ0v) is 17.9. The van der Waals surface area contributed by atoms with E-state index in [2.05, 4.69) is 20.7 Å². The van der Waals surface area contributed by atoms with Crippen molar-refractivity contribution < 1.29 is 19.1 Å². The van der Waals surface area contributed by atoms with Crippen LogP contribution >= 0.6 is 0 Å². The lowest BCUT2D eigenvalue weighted by molar-refractivity contribution is -0.123. The maximum Gasteiger partial charge on any atom is 0.339 e. The van der Waals surface area contributed by atoms with Crippen molar-refractivity contribution in [2.45, 2.75) is 71.4 Å². The fourth-order valence-corrected chi connectivity index (χ4v) is 3.54. The number of nitrogens with zero attached hydrogens (tertiary/aromatic N) is 3. The molecule has 0 radical (unpaired) electrons. The Morgan fingerprint density at radius 1 is 1.20 bits per heavy atom. The van der Waals surface area contributed by atoms with Crippen molar-refractivity contribution in [2.75, 3.05) is 6.61 Å². The highest BCUT2D eigenvalue weighted by molar-refractivity contribution is 6.04. The second-order valence-electron chi connectivity index (χ2n) is 8.25. The summed E-state index contributed by atoms with van der Waals surface area (Å²) in [5.74, 6) is -1.23. The normalized spacial score (nSPS) is 14.5. The van der Waals surface area contributed by atoms with Crippen molar-refractivity contribution in [3.63, 3.8) is 0 Å². The van der Waals surface area contributed by atoms with Crippen LogP contribution in [0.1, 0.15) is 81.4 Å². The Morgan fingerprint density at radius 2 is 1.90 bits per heavy atom. The van der Waals surface area contributed by atoms with E-state index in [0.717, 1.165) is 31.4 Å². The average molecular weight is 415 g/mol. The topological polar surface area (TPSA) is 115 Å². The minimum atomic E-state index is -0.675. The van der Waals surface area contributed by atoms with Gasteiger partial charge >= 0.3 is 12.0 Å². The van der Waals surface area contributed by atoms with Gasteiger partial charge in [-0.05, 0) is 38.7 Å². The van der Waals surface area contributed by atoms with Crippen molar-refractivity contribution >= 4 is 28.9 Å². The summed E-state index contributed by atoms with van der Waals surface area (Å²) in [5, 5.41) is 9.86. The Kier molecular flexibility index (Phi) is 6.69. The number of hydrogen-bond acceptors (Lipinski definition) is 6. The largest absolute Gasteiger partial charge is 0.452 e. The monoisotopic (exact) mass is 415 g/mol. The molecule has 2 heterocycles. The maximum absolute atomic E-state index is 12.7. The molecule has 1 saturated carbocycles. The zero-order chi connectivity index (χ0) is 21.8. The fraction of sp³-hybridized carbons (Fsp3) is 0.571. The van der Waals surface area contributed by atoms with Gasteiger partial charge in [0.15, 0.2) is 12.3 Å². The molecule has 0 bridgehead atoms. The van der Waals surface area contributed by atoms with Crippen molar-refractivity contribution in [1.82, 2.24) is 25.4 Å². The molecule has 0 saturated heterocycles.